The molecule has 0 saturated heterocycles. The van der Waals surface area contributed by atoms with Crippen LogP contribution in [0.25, 0.3) is 0 Å². The Hall–Kier alpha value is -4.61. The molecule has 4 aromatic carbocycles. The molecule has 1 fully saturated rings. The van der Waals surface area contributed by atoms with Crippen LogP contribution in [-0.4, -0.2) is 121 Å². The van der Waals surface area contributed by atoms with Gasteiger partial charge in [0.25, 0.3) is 0 Å². The molecule has 2 unspecified atom stereocenters. The van der Waals surface area contributed by atoms with Crippen molar-refractivity contribution in [2.75, 3.05) is 30.1 Å². The highest BCUT2D eigenvalue weighted by Crippen LogP contribution is 2.49. The molecule has 1 heterocycles. The van der Waals surface area contributed by atoms with Crippen LogP contribution in [0.1, 0.15) is 67.7 Å². The monoisotopic (exact) mass is 1050 g/mol. The van der Waals surface area contributed by atoms with Crippen LogP contribution in [0.4, 0.5) is 16.2 Å². The van der Waals surface area contributed by atoms with E-state index in [0.29, 0.717) is 47.2 Å². The van der Waals surface area contributed by atoms with Crippen LogP contribution in [0.15, 0.2) is 108 Å². The summed E-state index contributed by atoms with van der Waals surface area (Å²) in [6.07, 6.45) is -11.2. The Labute approximate surface area is 408 Å². The normalized spacial score (nSPS) is 25.8. The molecule has 2 aliphatic rings. The van der Waals surface area contributed by atoms with E-state index in [0.717, 1.165) is 6.42 Å². The number of anilines is 2. The average Bonchev–Trinajstić information content (AvgIpc) is 3.35. The van der Waals surface area contributed by atoms with Crippen LogP contribution in [-0.2, 0) is 76.3 Å². The van der Waals surface area contributed by atoms with E-state index in [-0.39, 0.29) is 16.3 Å². The highest BCUT2D eigenvalue weighted by molar-refractivity contribution is 7.91. The number of hydrogen-bond acceptors (Lipinski definition) is 19. The molecule has 0 bridgehead atoms. The number of unbranched alkanes of at least 4 members (excludes halogenated alkanes) is 1. The summed E-state index contributed by atoms with van der Waals surface area (Å²) >= 11 is 0. The third kappa shape index (κ3) is 13.9. The minimum absolute atomic E-state index is 0.0150. The first-order valence-electron chi connectivity index (χ1n) is 22.0. The molecule has 1 saturated carbocycles. The lowest BCUT2D eigenvalue weighted by atomic mass is 9.69. The molecule has 1 aliphatic heterocycles. The Balaban J connectivity index is 1.46. The molecule has 6 rings (SSSR count). The summed E-state index contributed by atoms with van der Waals surface area (Å²) in [4.78, 5) is 16.1. The van der Waals surface area contributed by atoms with Crippen LogP contribution in [0.3, 0.4) is 0 Å². The minimum atomic E-state index is -5.94. The molecule has 3 N–H and O–H groups in total. The number of carbonyl (C=O) groups is 1. The maximum absolute atomic E-state index is 14.3. The maximum Gasteiger partial charge on any atom is 0.319 e. The molecule has 384 valence electrons. The van der Waals surface area contributed by atoms with Crippen molar-refractivity contribution in [1.29, 1.82) is 0 Å². The first-order chi connectivity index (χ1) is 32.8. The van der Waals surface area contributed by atoms with E-state index in [2.05, 4.69) is 10.6 Å². The third-order valence-corrected chi connectivity index (χ3v) is 15.8. The quantitative estimate of drug-likeness (QED) is 0.0836. The summed E-state index contributed by atoms with van der Waals surface area (Å²) in [5, 5.41) is 17.3. The van der Waals surface area contributed by atoms with Gasteiger partial charge >= 0.3 is 6.03 Å². The van der Waals surface area contributed by atoms with E-state index < -0.39 is 114 Å². The van der Waals surface area contributed by atoms with Gasteiger partial charge in [0, 0.05) is 36.8 Å². The fraction of sp³-hybridized carbons (Fsp3) is 0.444. The number of nitrogens with one attached hydrogen (secondary N) is 2. The smallest absolute Gasteiger partial charge is 0.319 e. The molecular weight excluding hydrogens is 999 g/mol. The summed E-state index contributed by atoms with van der Waals surface area (Å²) in [5.41, 5.74) is 0.865. The molecule has 21 nitrogen and oxygen atoms in total. The SMILES string of the molecule is CCCC[C@]1(CC)CS(=O)(=O)c2ccc(N(C)C)cc2[C@@H](c2cccc(NC(=O)NC3[C@@H](OS(=O)(=O)[O-])[C@H](OCc4ccccc4)C(OS(=O)(=O)[O-])[C@H](OCc4ccccc4)[C@H]3OS(=O)(=O)[O-])c2)[C@H]1O. The van der Waals surface area contributed by atoms with E-state index in [9.17, 15) is 57.2 Å². The van der Waals surface area contributed by atoms with E-state index in [1.807, 2.05) is 13.8 Å². The van der Waals surface area contributed by atoms with Gasteiger partial charge < -0.3 is 43.8 Å². The fourth-order valence-corrected chi connectivity index (χ4v) is 12.9. The third-order valence-electron chi connectivity index (χ3n) is 12.4. The predicted molar refractivity (Wildman–Crippen MR) is 249 cm³/mol. The maximum atomic E-state index is 14.3. The molecule has 70 heavy (non-hydrogen) atoms. The lowest BCUT2D eigenvalue weighted by Gasteiger charge is -2.49. The van der Waals surface area contributed by atoms with Gasteiger partial charge in [-0.05, 0) is 65.4 Å². The standard InChI is InChI=1S/C45H57N3O18S4/c1-5-7-23-45(6-2)28-67(51,52)35-22-21-33(48(3)4)25-34(35)36(43(45)49)31-19-14-20-32(24-31)46-44(50)47-37-38(64-68(53,54)55)40(62-26-29-15-10-8-11-16-29)42(66-70(59,60)61)41(39(37)65-69(56,57)58)63-27-30-17-12-9-13-18-30/h8-22,24-25,36-43,49H,5-7,23,26-28H2,1-4H3,(H2,46,47,50)(H,53,54,55)(H,56,57,58)(H,59,60,61)/p-3/t36-,37?,38-,39+,40+,41-,42?,43-,45-/m1/s1. The van der Waals surface area contributed by atoms with Gasteiger partial charge in [0.15, 0.2) is 9.84 Å². The van der Waals surface area contributed by atoms with Crippen molar-refractivity contribution in [3.8, 4) is 0 Å². The van der Waals surface area contributed by atoms with E-state index in [1.54, 1.807) is 73.6 Å². The van der Waals surface area contributed by atoms with Crippen molar-refractivity contribution in [3.05, 3.63) is 125 Å². The van der Waals surface area contributed by atoms with Gasteiger partial charge in [0.1, 0.15) is 30.5 Å². The predicted octanol–water partition coefficient (Wildman–Crippen LogP) is 3.83. The number of fused-ring (bicyclic) bond motifs is 1. The van der Waals surface area contributed by atoms with E-state index in [4.69, 9.17) is 22.0 Å². The Morgan fingerprint density at radius 1 is 0.729 bits per heavy atom. The zero-order valence-corrected chi connectivity index (χ0v) is 41.6. The van der Waals surface area contributed by atoms with Crippen LogP contribution in [0.5, 0.6) is 0 Å². The highest BCUT2D eigenvalue weighted by Gasteiger charge is 2.57. The largest absolute Gasteiger partial charge is 0.726 e. The molecular formula is C45H54N3O18S4-3. The van der Waals surface area contributed by atoms with E-state index in [1.165, 1.54) is 48.5 Å². The number of benzene rings is 4. The summed E-state index contributed by atoms with van der Waals surface area (Å²) in [5.74, 6) is -1.33. The van der Waals surface area contributed by atoms with Gasteiger partial charge in [0.05, 0.1) is 36.0 Å². The first-order valence-corrected chi connectivity index (χ1v) is 27.6. The zero-order chi connectivity index (χ0) is 51.2. The van der Waals surface area contributed by atoms with Gasteiger partial charge in [-0.3, -0.25) is 12.5 Å². The second-order valence-corrected chi connectivity index (χ2v) is 22.3. The van der Waals surface area contributed by atoms with Crippen LogP contribution < -0.4 is 15.5 Å². The summed E-state index contributed by atoms with van der Waals surface area (Å²) < 4.78 is 167. The van der Waals surface area contributed by atoms with Crippen molar-refractivity contribution < 1.29 is 79.3 Å². The number of rotatable bonds is 20. The summed E-state index contributed by atoms with van der Waals surface area (Å²) in [7, 11) is -18.2. The number of amides is 2. The minimum Gasteiger partial charge on any atom is -0.726 e. The van der Waals surface area contributed by atoms with Gasteiger partial charge in [0.2, 0.25) is 31.2 Å². The molecule has 25 heteroatoms. The Bertz CT molecular complexity index is 2810. The molecule has 0 spiro atoms. The first kappa shape index (κ1) is 54.7. The van der Waals surface area contributed by atoms with Gasteiger partial charge in [-0.2, -0.15) is 0 Å². The number of urea groups is 1. The van der Waals surface area contributed by atoms with Crippen LogP contribution >= 0.6 is 0 Å². The highest BCUT2D eigenvalue weighted by atomic mass is 32.3. The lowest BCUT2D eigenvalue weighted by Crippen LogP contribution is -2.71. The second-order valence-electron chi connectivity index (χ2n) is 17.3. The summed E-state index contributed by atoms with van der Waals surface area (Å²) in [6, 6.07) is 22.9. The molecule has 9 atom stereocenters. The Morgan fingerprint density at radius 3 is 1.74 bits per heavy atom. The molecule has 0 radical (unpaired) electrons. The second kappa shape index (κ2) is 22.4. The average molecular weight is 1050 g/mol. The van der Waals surface area contributed by atoms with Gasteiger partial charge in [-0.1, -0.05) is 99.5 Å². The number of nitrogens with zero attached hydrogens (tertiary/aromatic N) is 1. The lowest BCUT2D eigenvalue weighted by molar-refractivity contribution is -0.206. The van der Waals surface area contributed by atoms with Crippen molar-refractivity contribution in [2.24, 2.45) is 5.41 Å². The van der Waals surface area contributed by atoms with Crippen LogP contribution in [0, 0.1) is 5.41 Å². The zero-order valence-electron chi connectivity index (χ0n) is 38.4. The fourth-order valence-electron chi connectivity index (χ4n) is 9.11. The number of aliphatic hydroxyl groups is 1. The number of ether oxygens (including phenoxy) is 2. The van der Waals surface area contributed by atoms with Crippen molar-refractivity contribution in [2.45, 2.75) is 106 Å². The Morgan fingerprint density at radius 2 is 1.26 bits per heavy atom. The van der Waals surface area contributed by atoms with Gasteiger partial charge in [-0.25, -0.2) is 38.5 Å². The van der Waals surface area contributed by atoms with Crippen LogP contribution in [0.2, 0.25) is 0 Å². The van der Waals surface area contributed by atoms with Crippen molar-refractivity contribution in [1.82, 2.24) is 5.32 Å². The van der Waals surface area contributed by atoms with Gasteiger partial charge in [-0.15, -0.1) is 0 Å². The Kier molecular flexibility index (Phi) is 17.5. The molecule has 4 aromatic rings. The topological polar surface area (TPSA) is 316 Å². The number of sulfone groups is 1. The number of aliphatic hydroxyl groups excluding tert-OH is 1. The summed E-state index contributed by atoms with van der Waals surface area (Å²) in [6.45, 7) is 2.70. The molecule has 1 aliphatic carbocycles. The number of hydrogen-bond donors (Lipinski definition) is 3. The number of carbonyl (C=O) groups excluding carboxylic acids is 1. The molecule has 0 aromatic heterocycles. The van der Waals surface area contributed by atoms with E-state index >= 15 is 0 Å². The van der Waals surface area contributed by atoms with Crippen molar-refractivity contribution in [3.63, 3.8) is 0 Å². The van der Waals surface area contributed by atoms with Crippen molar-refractivity contribution >= 4 is 58.4 Å². The molecule has 2 amide bonds.